The van der Waals surface area contributed by atoms with E-state index < -0.39 is 0 Å². The predicted molar refractivity (Wildman–Crippen MR) is 76.5 cm³/mol. The topological polar surface area (TPSA) is 73.6 Å². The quantitative estimate of drug-likeness (QED) is 0.679. The van der Waals surface area contributed by atoms with Crippen LogP contribution in [0.15, 0.2) is 49.3 Å². The minimum Gasteiger partial charge on any atom is -0.331 e. The van der Waals surface area contributed by atoms with Crippen molar-refractivity contribution in [2.75, 3.05) is 0 Å². The number of rotatable bonds is 4. The molecule has 0 bridgehead atoms. The summed E-state index contributed by atoms with van der Waals surface area (Å²) < 4.78 is 1.69. The third-order valence-corrected chi connectivity index (χ3v) is 3.09. The van der Waals surface area contributed by atoms with E-state index in [9.17, 15) is 4.79 Å². The van der Waals surface area contributed by atoms with Crippen LogP contribution in [-0.2, 0) is 13.5 Å². The Kier molecular flexibility index (Phi) is 3.51. The minimum absolute atomic E-state index is 0.0550. The fraction of sp³-hybridized carbons (Fsp3) is 0.133. The van der Waals surface area contributed by atoms with E-state index in [0.717, 1.165) is 11.3 Å². The van der Waals surface area contributed by atoms with Gasteiger partial charge in [0.15, 0.2) is 5.78 Å². The zero-order chi connectivity index (χ0) is 14.7. The summed E-state index contributed by atoms with van der Waals surface area (Å²) in [6.45, 7) is 0. The van der Waals surface area contributed by atoms with Crippen molar-refractivity contribution >= 4 is 5.78 Å². The Morgan fingerprint density at radius 3 is 2.57 bits per heavy atom. The van der Waals surface area contributed by atoms with Crippen LogP contribution in [-0.4, -0.2) is 30.3 Å². The highest BCUT2D eigenvalue weighted by atomic mass is 16.1. The highest BCUT2D eigenvalue weighted by Crippen LogP contribution is 2.13. The average molecular weight is 279 g/mol. The Labute approximate surface area is 121 Å². The summed E-state index contributed by atoms with van der Waals surface area (Å²) in [7, 11) is 1.78. The van der Waals surface area contributed by atoms with Gasteiger partial charge in [0.05, 0.1) is 24.6 Å². The van der Waals surface area contributed by atoms with Gasteiger partial charge in [0.2, 0.25) is 0 Å². The number of hydrogen-bond acceptors (Lipinski definition) is 5. The van der Waals surface area contributed by atoms with E-state index in [4.69, 9.17) is 0 Å². The molecular formula is C15H13N5O. The standard InChI is InChI=1S/C15H13N5O/c1-20-10-16-9-13(20)14(21)6-15-18-7-11(8-19-15)12-4-2-3-5-17-12/h2-5,7-10H,6H2,1H3. The van der Waals surface area contributed by atoms with Crippen molar-refractivity contribution in [1.29, 1.82) is 0 Å². The van der Waals surface area contributed by atoms with Gasteiger partial charge in [-0.1, -0.05) is 6.07 Å². The summed E-state index contributed by atoms with van der Waals surface area (Å²) in [4.78, 5) is 28.7. The summed E-state index contributed by atoms with van der Waals surface area (Å²) >= 11 is 0. The van der Waals surface area contributed by atoms with Gasteiger partial charge in [0.1, 0.15) is 11.5 Å². The van der Waals surface area contributed by atoms with E-state index in [-0.39, 0.29) is 12.2 Å². The maximum atomic E-state index is 12.1. The largest absolute Gasteiger partial charge is 0.331 e. The van der Waals surface area contributed by atoms with Crippen LogP contribution in [0, 0.1) is 0 Å². The molecule has 0 aliphatic rings. The zero-order valence-electron chi connectivity index (χ0n) is 11.5. The maximum Gasteiger partial charge on any atom is 0.188 e. The van der Waals surface area contributed by atoms with E-state index in [1.165, 1.54) is 0 Å². The fourth-order valence-corrected chi connectivity index (χ4v) is 1.97. The molecule has 0 aliphatic carbocycles. The molecule has 3 aromatic heterocycles. The summed E-state index contributed by atoms with van der Waals surface area (Å²) in [5, 5.41) is 0. The molecule has 104 valence electrons. The van der Waals surface area contributed by atoms with Crippen LogP contribution in [0.4, 0.5) is 0 Å². The number of pyridine rings is 1. The molecule has 0 saturated carbocycles. The first-order chi connectivity index (χ1) is 10.2. The van der Waals surface area contributed by atoms with Crippen molar-refractivity contribution in [2.24, 2.45) is 7.05 Å². The van der Waals surface area contributed by atoms with Gasteiger partial charge in [-0.05, 0) is 12.1 Å². The Hall–Kier alpha value is -2.89. The van der Waals surface area contributed by atoms with Crippen molar-refractivity contribution < 1.29 is 4.79 Å². The monoisotopic (exact) mass is 279 g/mol. The molecule has 0 fully saturated rings. The second-order valence-electron chi connectivity index (χ2n) is 4.59. The van der Waals surface area contributed by atoms with Crippen molar-refractivity contribution in [3.8, 4) is 11.3 Å². The van der Waals surface area contributed by atoms with Crippen LogP contribution < -0.4 is 0 Å². The molecule has 0 saturated heterocycles. The molecule has 0 unspecified atom stereocenters. The second kappa shape index (κ2) is 5.62. The van der Waals surface area contributed by atoms with Crippen LogP contribution >= 0.6 is 0 Å². The lowest BCUT2D eigenvalue weighted by Gasteiger charge is -2.03. The van der Waals surface area contributed by atoms with Crippen LogP contribution in [0.3, 0.4) is 0 Å². The molecule has 21 heavy (non-hydrogen) atoms. The first-order valence-corrected chi connectivity index (χ1v) is 6.46. The molecule has 6 nitrogen and oxygen atoms in total. The Bertz CT molecular complexity index is 749. The van der Waals surface area contributed by atoms with Gasteiger partial charge in [-0.25, -0.2) is 15.0 Å². The summed E-state index contributed by atoms with van der Waals surface area (Å²) in [6, 6.07) is 5.65. The summed E-state index contributed by atoms with van der Waals surface area (Å²) in [5.74, 6) is 0.432. The molecule has 0 amide bonds. The van der Waals surface area contributed by atoms with Gasteiger partial charge < -0.3 is 4.57 Å². The predicted octanol–water partition coefficient (Wildman–Crippen LogP) is 1.70. The number of carbonyl (C=O) groups excluding carboxylic acids is 1. The Morgan fingerprint density at radius 1 is 1.14 bits per heavy atom. The lowest BCUT2D eigenvalue weighted by molar-refractivity contribution is 0.0983. The number of imidazole rings is 1. The summed E-state index contributed by atoms with van der Waals surface area (Å²) in [5.41, 5.74) is 2.18. The molecular weight excluding hydrogens is 266 g/mol. The molecule has 6 heteroatoms. The van der Waals surface area contributed by atoms with Crippen LogP contribution in [0.25, 0.3) is 11.3 Å². The number of aryl methyl sites for hydroxylation is 1. The Balaban J connectivity index is 1.76. The Morgan fingerprint density at radius 2 is 1.95 bits per heavy atom. The maximum absolute atomic E-state index is 12.1. The molecule has 0 radical (unpaired) electrons. The fourth-order valence-electron chi connectivity index (χ4n) is 1.97. The van der Waals surface area contributed by atoms with Gasteiger partial charge in [0.25, 0.3) is 0 Å². The third kappa shape index (κ3) is 2.84. The molecule has 0 spiro atoms. The van der Waals surface area contributed by atoms with Crippen molar-refractivity contribution in [3.05, 3.63) is 60.8 Å². The average Bonchev–Trinajstić information content (AvgIpc) is 2.95. The number of nitrogens with zero attached hydrogens (tertiary/aromatic N) is 5. The number of ketones is 1. The SMILES string of the molecule is Cn1cncc1C(=O)Cc1ncc(-c2ccccn2)cn1. The first kappa shape index (κ1) is 13.1. The molecule has 0 atom stereocenters. The third-order valence-electron chi connectivity index (χ3n) is 3.09. The van der Waals surface area contributed by atoms with Gasteiger partial charge in [-0.2, -0.15) is 0 Å². The van der Waals surface area contributed by atoms with Gasteiger partial charge >= 0.3 is 0 Å². The van der Waals surface area contributed by atoms with E-state index in [2.05, 4.69) is 19.9 Å². The molecule has 0 aliphatic heterocycles. The van der Waals surface area contributed by atoms with Crippen molar-refractivity contribution in [2.45, 2.75) is 6.42 Å². The van der Waals surface area contributed by atoms with E-state index in [1.807, 2.05) is 18.2 Å². The highest BCUT2D eigenvalue weighted by molar-refractivity contribution is 5.95. The molecule has 0 aromatic carbocycles. The molecule has 3 aromatic rings. The smallest absolute Gasteiger partial charge is 0.188 e. The van der Waals surface area contributed by atoms with Crippen LogP contribution in [0.5, 0.6) is 0 Å². The van der Waals surface area contributed by atoms with Crippen molar-refractivity contribution in [1.82, 2.24) is 24.5 Å². The van der Waals surface area contributed by atoms with Gasteiger partial charge in [-0.3, -0.25) is 9.78 Å². The molecule has 3 rings (SSSR count). The number of aromatic nitrogens is 5. The van der Waals surface area contributed by atoms with Gasteiger partial charge in [-0.15, -0.1) is 0 Å². The lowest BCUT2D eigenvalue weighted by Crippen LogP contribution is -2.10. The van der Waals surface area contributed by atoms with Crippen LogP contribution in [0.2, 0.25) is 0 Å². The minimum atomic E-state index is -0.0550. The zero-order valence-corrected chi connectivity index (χ0v) is 11.5. The van der Waals surface area contributed by atoms with E-state index >= 15 is 0 Å². The van der Waals surface area contributed by atoms with Gasteiger partial charge in [0, 0.05) is 31.2 Å². The highest BCUT2D eigenvalue weighted by Gasteiger charge is 2.12. The van der Waals surface area contributed by atoms with Crippen molar-refractivity contribution in [3.63, 3.8) is 0 Å². The summed E-state index contributed by atoms with van der Waals surface area (Å²) in [6.07, 6.45) is 8.38. The second-order valence-corrected chi connectivity index (χ2v) is 4.59. The number of hydrogen-bond donors (Lipinski definition) is 0. The molecule has 3 heterocycles. The lowest BCUT2D eigenvalue weighted by atomic mass is 10.2. The normalized spacial score (nSPS) is 10.5. The molecule has 0 N–H and O–H groups in total. The van der Waals surface area contributed by atoms with E-state index in [1.54, 1.807) is 42.7 Å². The number of carbonyl (C=O) groups is 1. The number of Topliss-reactive ketones (excluding diaryl/α,β-unsaturated/α-hetero) is 1. The van der Waals surface area contributed by atoms with E-state index in [0.29, 0.717) is 11.5 Å². The first-order valence-electron chi connectivity index (χ1n) is 6.46. The van der Waals surface area contributed by atoms with Crippen LogP contribution in [0.1, 0.15) is 16.3 Å².